The summed E-state index contributed by atoms with van der Waals surface area (Å²) in [6, 6.07) is -3.12. The maximum Gasteiger partial charge on any atom is 0.315 e. The number of ether oxygens (including phenoxy) is 1. The van der Waals surface area contributed by atoms with Crippen LogP contribution in [0, 0.1) is 27.6 Å². The van der Waals surface area contributed by atoms with Crippen LogP contribution in [0.1, 0.15) is 132 Å². The molecule has 4 atom stereocenters. The van der Waals surface area contributed by atoms with Gasteiger partial charge in [0.1, 0.15) is 12.1 Å². The highest BCUT2D eigenvalue weighted by atomic mass is 16.5. The first-order valence-electron chi connectivity index (χ1n) is 20.2. The van der Waals surface area contributed by atoms with Crippen LogP contribution >= 0.6 is 0 Å². The minimum atomic E-state index is -1.06. The summed E-state index contributed by atoms with van der Waals surface area (Å²) >= 11 is 0. The fourth-order valence-electron chi connectivity index (χ4n) is 11.2. The lowest BCUT2D eigenvalue weighted by atomic mass is 9.73. The molecule has 52 heavy (non-hydrogen) atoms. The largest absolute Gasteiger partial charge is 0.373 e. The predicted octanol–water partition coefficient (Wildman–Crippen LogP) is 4.04. The van der Waals surface area contributed by atoms with E-state index in [-0.39, 0.29) is 39.7 Å². The number of likely N-dealkylation sites (tertiary alicyclic amines) is 1. The number of rotatable bonds is 11. The van der Waals surface area contributed by atoms with E-state index in [1.165, 1.54) is 0 Å². The molecule has 6 rings (SSSR count). The monoisotopic (exact) mass is 727 g/mol. The molecule has 0 bridgehead atoms. The van der Waals surface area contributed by atoms with Gasteiger partial charge < -0.3 is 31.3 Å². The Bertz CT molecular complexity index is 1420. The van der Waals surface area contributed by atoms with Gasteiger partial charge in [0.15, 0.2) is 0 Å². The number of morpholine rings is 1. The van der Waals surface area contributed by atoms with Gasteiger partial charge in [-0.25, -0.2) is 4.79 Å². The van der Waals surface area contributed by atoms with E-state index in [9.17, 15) is 24.0 Å². The number of amides is 5. The van der Waals surface area contributed by atoms with Crippen LogP contribution in [0.25, 0.3) is 0 Å². The van der Waals surface area contributed by atoms with Crippen molar-refractivity contribution in [2.45, 2.75) is 161 Å². The molecule has 4 saturated carbocycles. The smallest absolute Gasteiger partial charge is 0.315 e. The van der Waals surface area contributed by atoms with Crippen molar-refractivity contribution in [3.05, 3.63) is 0 Å². The molecule has 292 valence electrons. The van der Waals surface area contributed by atoms with E-state index in [1.54, 1.807) is 4.90 Å². The average molecular weight is 727 g/mol. The number of urea groups is 1. The van der Waals surface area contributed by atoms with E-state index in [0.717, 1.165) is 90.3 Å². The first-order valence-corrected chi connectivity index (χ1v) is 20.2. The number of carbonyl (C=O) groups is 5. The van der Waals surface area contributed by atoms with Crippen molar-refractivity contribution in [2.75, 3.05) is 32.8 Å². The molecule has 2 unspecified atom stereocenters. The Kier molecular flexibility index (Phi) is 10.4. The number of nitrogens with one attached hydrogen (secondary N) is 3. The van der Waals surface area contributed by atoms with Gasteiger partial charge in [0.2, 0.25) is 17.6 Å². The van der Waals surface area contributed by atoms with Crippen molar-refractivity contribution in [1.82, 2.24) is 25.8 Å². The van der Waals surface area contributed by atoms with Crippen molar-refractivity contribution in [2.24, 2.45) is 33.3 Å². The van der Waals surface area contributed by atoms with Gasteiger partial charge in [0.25, 0.3) is 5.91 Å². The molecular weight excluding hydrogens is 660 g/mol. The number of nitrogens with zero attached hydrogens (tertiary/aromatic N) is 2. The quantitative estimate of drug-likeness (QED) is 0.234. The Hall–Kier alpha value is -2.73. The lowest BCUT2D eigenvalue weighted by Gasteiger charge is -2.46. The summed E-state index contributed by atoms with van der Waals surface area (Å²) in [5, 5.41) is 9.40. The van der Waals surface area contributed by atoms with Crippen LogP contribution in [0.5, 0.6) is 0 Å². The molecule has 6 aliphatic rings. The average Bonchev–Trinajstić information content (AvgIpc) is 3.22. The zero-order chi connectivity index (χ0) is 37.9. The summed E-state index contributed by atoms with van der Waals surface area (Å²) in [5.74, 6) is -2.32. The topological polar surface area (TPSA) is 163 Å². The molecule has 0 aromatic carbocycles. The lowest BCUT2D eigenvalue weighted by molar-refractivity contribution is -0.143. The van der Waals surface area contributed by atoms with E-state index in [2.05, 4.69) is 48.5 Å². The maximum atomic E-state index is 14.9. The van der Waals surface area contributed by atoms with Crippen molar-refractivity contribution in [3.63, 3.8) is 0 Å². The van der Waals surface area contributed by atoms with Gasteiger partial charge in [-0.05, 0) is 74.5 Å². The Labute approximate surface area is 310 Å². The highest BCUT2D eigenvalue weighted by Crippen LogP contribution is 2.88. The summed E-state index contributed by atoms with van der Waals surface area (Å²) < 4.78 is 5.96. The van der Waals surface area contributed by atoms with Crippen molar-refractivity contribution >= 4 is 29.5 Å². The van der Waals surface area contributed by atoms with Gasteiger partial charge in [-0.2, -0.15) is 0 Å². The van der Waals surface area contributed by atoms with Crippen LogP contribution in [-0.2, 0) is 23.9 Å². The summed E-state index contributed by atoms with van der Waals surface area (Å²) in [6.45, 7) is 17.9. The van der Waals surface area contributed by atoms with Crippen LogP contribution in [0.15, 0.2) is 0 Å². The molecule has 5 amide bonds. The summed E-state index contributed by atoms with van der Waals surface area (Å²) in [6.07, 6.45) is 12.0. The third kappa shape index (κ3) is 7.00. The van der Waals surface area contributed by atoms with E-state index >= 15 is 0 Å². The molecule has 2 heterocycles. The van der Waals surface area contributed by atoms with Gasteiger partial charge in [0, 0.05) is 31.6 Å². The molecule has 5 N–H and O–H groups in total. The molecule has 4 aliphatic carbocycles. The molecular formula is C40H66N6O6. The number of ketones is 1. The third-order valence-corrected chi connectivity index (χ3v) is 14.7. The van der Waals surface area contributed by atoms with Gasteiger partial charge in [-0.3, -0.25) is 24.1 Å². The summed E-state index contributed by atoms with van der Waals surface area (Å²) in [5.41, 5.74) is 3.86. The van der Waals surface area contributed by atoms with Crippen molar-refractivity contribution in [3.8, 4) is 0 Å². The van der Waals surface area contributed by atoms with Crippen LogP contribution in [0.3, 0.4) is 0 Å². The van der Waals surface area contributed by atoms with E-state index in [0.29, 0.717) is 26.0 Å². The molecule has 0 radical (unpaired) electrons. The second kappa shape index (κ2) is 13.8. The van der Waals surface area contributed by atoms with Gasteiger partial charge in [0.05, 0.1) is 23.8 Å². The Morgan fingerprint density at radius 1 is 0.865 bits per heavy atom. The van der Waals surface area contributed by atoms with Gasteiger partial charge in [-0.1, -0.05) is 79.6 Å². The summed E-state index contributed by atoms with van der Waals surface area (Å²) in [7, 11) is 0. The number of fused-ring (bicyclic) bond motifs is 1. The minimum absolute atomic E-state index is 0.0609. The Balaban J connectivity index is 1.23. The molecule has 0 aromatic rings. The van der Waals surface area contributed by atoms with E-state index in [1.807, 2.05) is 20.8 Å². The highest BCUT2D eigenvalue weighted by Gasteiger charge is 2.85. The standard InChI is InChI=1S/C40H66N6O6/c1-35(2,3)30(43-34(51)44-38(15-9-8-10-16-38)24-45-19-20-52-36(4,5)23-45)33(50)46-25-40(37(6,7)39(40)17-12-18-39)22-28(46)32(49)42-27(29(47)31(41)48)21-26-13-11-14-26/h26-28,30H,8-25H2,1-7H3,(H2,41,48)(H,42,49)(H2,43,44,51)/t27?,28-,30+,40?/m0/s1. The third-order valence-electron chi connectivity index (χ3n) is 14.7. The fourth-order valence-corrected chi connectivity index (χ4v) is 11.2. The molecule has 0 aromatic heterocycles. The number of nitrogens with two attached hydrogens (primary N) is 1. The number of carbonyl (C=O) groups excluding carboxylic acids is 5. The Morgan fingerprint density at radius 2 is 1.54 bits per heavy atom. The lowest BCUT2D eigenvalue weighted by Crippen LogP contribution is -2.64. The highest BCUT2D eigenvalue weighted by molar-refractivity contribution is 6.37. The fraction of sp³-hybridized carbons (Fsp3) is 0.875. The normalized spacial score (nSPS) is 30.1. The van der Waals surface area contributed by atoms with Crippen LogP contribution in [-0.4, -0.2) is 101 Å². The zero-order valence-corrected chi connectivity index (χ0v) is 33.0. The van der Waals surface area contributed by atoms with Crippen LogP contribution in [0.4, 0.5) is 4.79 Å². The first kappa shape index (κ1) is 39.0. The second-order valence-corrected chi connectivity index (χ2v) is 19.7. The second-order valence-electron chi connectivity index (χ2n) is 19.7. The summed E-state index contributed by atoms with van der Waals surface area (Å²) in [4.78, 5) is 72.5. The number of primary amides is 1. The van der Waals surface area contributed by atoms with Crippen LogP contribution in [0.2, 0.25) is 0 Å². The number of hydrogen-bond acceptors (Lipinski definition) is 7. The molecule has 12 nitrogen and oxygen atoms in total. The van der Waals surface area contributed by atoms with E-state index in [4.69, 9.17) is 10.5 Å². The number of Topliss-reactive ketones (excluding diaryl/α,β-unsaturated/α-hetero) is 1. The van der Waals surface area contributed by atoms with E-state index < -0.39 is 46.7 Å². The molecule has 2 spiro atoms. The minimum Gasteiger partial charge on any atom is -0.373 e. The molecule has 12 heteroatoms. The number of hydrogen-bond donors (Lipinski definition) is 4. The van der Waals surface area contributed by atoms with Gasteiger partial charge in [-0.15, -0.1) is 0 Å². The van der Waals surface area contributed by atoms with Crippen LogP contribution < -0.4 is 21.7 Å². The molecule has 2 saturated heterocycles. The predicted molar refractivity (Wildman–Crippen MR) is 198 cm³/mol. The van der Waals surface area contributed by atoms with Gasteiger partial charge >= 0.3 is 6.03 Å². The maximum absolute atomic E-state index is 14.9. The van der Waals surface area contributed by atoms with Crippen molar-refractivity contribution in [1.29, 1.82) is 0 Å². The SMILES string of the molecule is CC1(C)CN(CC2(NC(=O)N[C@H](C(=O)N3CC4(C[C@H]3C(=O)NC(CC3CCC3)C(=O)C(N)=O)C(C)(C)C43CCC3)C(C)(C)C)CCCCC2)CCO1. The van der Waals surface area contributed by atoms with Crippen molar-refractivity contribution < 1.29 is 28.7 Å². The molecule has 2 aliphatic heterocycles. The Morgan fingerprint density at radius 3 is 2.06 bits per heavy atom. The zero-order valence-electron chi connectivity index (χ0n) is 33.0. The first-order chi connectivity index (χ1) is 24.3. The molecule has 6 fully saturated rings.